The van der Waals surface area contributed by atoms with Crippen molar-refractivity contribution in [3.8, 4) is 11.5 Å². The largest absolute Gasteiger partial charge is 0.493 e. The van der Waals surface area contributed by atoms with Gasteiger partial charge in [-0.25, -0.2) is 9.59 Å². The van der Waals surface area contributed by atoms with Gasteiger partial charge in [0.25, 0.3) is 0 Å². The minimum Gasteiger partial charge on any atom is -0.493 e. The van der Waals surface area contributed by atoms with Crippen LogP contribution in [0, 0.1) is 6.92 Å². The van der Waals surface area contributed by atoms with Gasteiger partial charge in [0.2, 0.25) is 0 Å². The molecular weight excluding hydrogens is 384 g/mol. The van der Waals surface area contributed by atoms with Crippen LogP contribution < -0.4 is 9.47 Å². The Morgan fingerprint density at radius 2 is 1.63 bits per heavy atom. The van der Waals surface area contributed by atoms with Crippen LogP contribution in [0.1, 0.15) is 22.3 Å². The predicted octanol–water partition coefficient (Wildman–Crippen LogP) is 4.04. The monoisotopic (exact) mass is 410 g/mol. The van der Waals surface area contributed by atoms with Crippen LogP contribution >= 0.6 is 0 Å². The van der Waals surface area contributed by atoms with Gasteiger partial charge < -0.3 is 18.9 Å². The Kier molecular flexibility index (Phi) is 8.23. The second kappa shape index (κ2) is 10.9. The first-order chi connectivity index (χ1) is 14.4. The maximum absolute atomic E-state index is 12.0. The van der Waals surface area contributed by atoms with E-state index in [-0.39, 0.29) is 5.57 Å². The van der Waals surface area contributed by atoms with Crippen LogP contribution in [0.4, 0.5) is 0 Å². The Bertz CT molecular complexity index is 923. The zero-order valence-electron chi connectivity index (χ0n) is 17.7. The SMILES string of the molecule is C=CCc1cc(C=C(C(=O)OC)C(=O)OC)cc(OC)c1OCc1ccc(C)cc1. The van der Waals surface area contributed by atoms with Gasteiger partial charge in [0.1, 0.15) is 12.2 Å². The van der Waals surface area contributed by atoms with E-state index < -0.39 is 11.9 Å². The van der Waals surface area contributed by atoms with Crippen molar-refractivity contribution in [1.29, 1.82) is 0 Å². The van der Waals surface area contributed by atoms with E-state index in [0.29, 0.717) is 30.1 Å². The van der Waals surface area contributed by atoms with Gasteiger partial charge in [-0.2, -0.15) is 0 Å². The summed E-state index contributed by atoms with van der Waals surface area (Å²) in [5.41, 5.74) is 3.34. The fraction of sp³-hybridized carbons (Fsp3) is 0.250. The third kappa shape index (κ3) is 5.73. The molecule has 0 N–H and O–H groups in total. The molecule has 30 heavy (non-hydrogen) atoms. The zero-order chi connectivity index (χ0) is 22.1. The Morgan fingerprint density at radius 3 is 2.17 bits per heavy atom. The number of allylic oxidation sites excluding steroid dienone is 1. The molecule has 6 nitrogen and oxygen atoms in total. The summed E-state index contributed by atoms with van der Waals surface area (Å²) in [6, 6.07) is 11.5. The molecule has 0 atom stereocenters. The van der Waals surface area contributed by atoms with Gasteiger partial charge in [-0.1, -0.05) is 35.9 Å². The van der Waals surface area contributed by atoms with E-state index in [1.54, 1.807) is 18.2 Å². The Morgan fingerprint density at radius 1 is 1.00 bits per heavy atom. The summed E-state index contributed by atoms with van der Waals surface area (Å²) in [6.07, 6.45) is 3.64. The van der Waals surface area contributed by atoms with Gasteiger partial charge in [0.15, 0.2) is 11.5 Å². The second-order valence-corrected chi connectivity index (χ2v) is 6.52. The minimum atomic E-state index is -0.786. The summed E-state index contributed by atoms with van der Waals surface area (Å²) < 4.78 is 20.9. The topological polar surface area (TPSA) is 71.1 Å². The van der Waals surface area contributed by atoms with Crippen LogP contribution in [0.25, 0.3) is 6.08 Å². The number of carbonyl (C=O) groups is 2. The van der Waals surface area contributed by atoms with Crippen molar-refractivity contribution in [3.63, 3.8) is 0 Å². The van der Waals surface area contributed by atoms with Gasteiger partial charge in [-0.05, 0) is 42.7 Å². The molecule has 0 aliphatic rings. The normalized spacial score (nSPS) is 10.0. The highest BCUT2D eigenvalue weighted by molar-refractivity contribution is 6.17. The van der Waals surface area contributed by atoms with E-state index >= 15 is 0 Å². The highest BCUT2D eigenvalue weighted by Crippen LogP contribution is 2.35. The number of benzene rings is 2. The standard InChI is InChI=1S/C24H26O6/c1-6-7-19-12-18(13-20(23(25)28-4)24(26)29-5)14-21(27-3)22(19)30-15-17-10-8-16(2)9-11-17/h6,8-14H,1,7,15H2,2-5H3. The first kappa shape index (κ1) is 22.7. The van der Waals surface area contributed by atoms with E-state index in [1.165, 1.54) is 33.0 Å². The molecule has 0 radical (unpaired) electrons. The lowest BCUT2D eigenvalue weighted by Gasteiger charge is -2.16. The Hall–Kier alpha value is -3.54. The Labute approximate surface area is 176 Å². The maximum Gasteiger partial charge on any atom is 0.345 e. The fourth-order valence-electron chi connectivity index (χ4n) is 2.82. The lowest BCUT2D eigenvalue weighted by molar-refractivity contribution is -0.143. The van der Waals surface area contributed by atoms with Crippen molar-refractivity contribution in [2.75, 3.05) is 21.3 Å². The number of aryl methyl sites for hydroxylation is 1. The van der Waals surface area contributed by atoms with Crippen molar-refractivity contribution in [1.82, 2.24) is 0 Å². The molecular formula is C24H26O6. The number of hydrogen-bond acceptors (Lipinski definition) is 6. The van der Waals surface area contributed by atoms with Crippen LogP contribution in [0.15, 0.2) is 54.6 Å². The first-order valence-electron chi connectivity index (χ1n) is 9.32. The van der Waals surface area contributed by atoms with Gasteiger partial charge in [-0.3, -0.25) is 0 Å². The Balaban J connectivity index is 2.45. The molecule has 0 unspecified atom stereocenters. The number of ether oxygens (including phenoxy) is 4. The average molecular weight is 410 g/mol. The molecule has 0 bridgehead atoms. The molecule has 158 valence electrons. The molecule has 0 fully saturated rings. The molecule has 2 rings (SSSR count). The average Bonchev–Trinajstić information content (AvgIpc) is 2.76. The fourth-order valence-corrected chi connectivity index (χ4v) is 2.82. The maximum atomic E-state index is 12.0. The van der Waals surface area contributed by atoms with Crippen LogP contribution in [0.3, 0.4) is 0 Å². The van der Waals surface area contributed by atoms with Crippen LogP contribution in [0.2, 0.25) is 0 Å². The number of esters is 2. The highest BCUT2D eigenvalue weighted by atomic mass is 16.5. The molecule has 0 saturated heterocycles. The molecule has 0 saturated carbocycles. The summed E-state index contributed by atoms with van der Waals surface area (Å²) in [6.45, 7) is 6.19. The molecule has 0 amide bonds. The van der Waals surface area contributed by atoms with Gasteiger partial charge in [0, 0.05) is 5.56 Å². The van der Waals surface area contributed by atoms with Crippen LogP contribution in [0.5, 0.6) is 11.5 Å². The highest BCUT2D eigenvalue weighted by Gasteiger charge is 2.21. The van der Waals surface area contributed by atoms with Crippen LogP contribution in [-0.4, -0.2) is 33.3 Å². The molecule has 0 heterocycles. The van der Waals surface area contributed by atoms with Gasteiger partial charge in [-0.15, -0.1) is 6.58 Å². The molecule has 0 aromatic heterocycles. The van der Waals surface area contributed by atoms with Crippen molar-refractivity contribution in [3.05, 3.63) is 76.9 Å². The molecule has 0 spiro atoms. The van der Waals surface area contributed by atoms with Crippen molar-refractivity contribution < 1.29 is 28.5 Å². The smallest absolute Gasteiger partial charge is 0.345 e. The van der Waals surface area contributed by atoms with Crippen molar-refractivity contribution >= 4 is 18.0 Å². The van der Waals surface area contributed by atoms with Gasteiger partial charge >= 0.3 is 11.9 Å². The summed E-state index contributed by atoms with van der Waals surface area (Å²) in [5.74, 6) is -0.522. The first-order valence-corrected chi connectivity index (χ1v) is 9.32. The van der Waals surface area contributed by atoms with Crippen molar-refractivity contribution in [2.24, 2.45) is 0 Å². The van der Waals surface area contributed by atoms with E-state index in [1.807, 2.05) is 31.2 Å². The number of rotatable bonds is 9. The van der Waals surface area contributed by atoms with Crippen molar-refractivity contribution in [2.45, 2.75) is 20.0 Å². The number of methoxy groups -OCH3 is 3. The van der Waals surface area contributed by atoms with Crippen LogP contribution in [-0.2, 0) is 32.1 Å². The quantitative estimate of drug-likeness (QED) is 0.204. The third-order valence-electron chi connectivity index (χ3n) is 4.36. The lowest BCUT2D eigenvalue weighted by Crippen LogP contribution is -2.15. The zero-order valence-corrected chi connectivity index (χ0v) is 17.7. The third-order valence-corrected chi connectivity index (χ3v) is 4.36. The number of hydrogen-bond donors (Lipinski definition) is 0. The van der Waals surface area contributed by atoms with E-state index in [9.17, 15) is 9.59 Å². The minimum absolute atomic E-state index is 0.222. The summed E-state index contributed by atoms with van der Waals surface area (Å²) >= 11 is 0. The number of carbonyl (C=O) groups excluding carboxylic acids is 2. The van der Waals surface area contributed by atoms with E-state index in [4.69, 9.17) is 9.47 Å². The predicted molar refractivity (Wildman–Crippen MR) is 114 cm³/mol. The summed E-state index contributed by atoms with van der Waals surface area (Å²) in [5, 5.41) is 0. The molecule has 2 aromatic rings. The lowest BCUT2D eigenvalue weighted by atomic mass is 10.0. The molecule has 6 heteroatoms. The van der Waals surface area contributed by atoms with Gasteiger partial charge in [0.05, 0.1) is 21.3 Å². The molecule has 0 aliphatic carbocycles. The summed E-state index contributed by atoms with van der Waals surface area (Å²) in [7, 11) is 3.93. The summed E-state index contributed by atoms with van der Waals surface area (Å²) in [4.78, 5) is 23.9. The molecule has 0 aliphatic heterocycles. The molecule has 2 aromatic carbocycles. The second-order valence-electron chi connectivity index (χ2n) is 6.52. The van der Waals surface area contributed by atoms with E-state index in [2.05, 4.69) is 16.1 Å². The van der Waals surface area contributed by atoms with E-state index in [0.717, 1.165) is 11.1 Å².